The van der Waals surface area contributed by atoms with Crippen LogP contribution in [0.3, 0.4) is 0 Å². The molecule has 2 atom stereocenters. The monoisotopic (exact) mass is 569 g/mol. The zero-order valence-corrected chi connectivity index (χ0v) is 24.9. The van der Waals surface area contributed by atoms with Crippen molar-refractivity contribution in [1.29, 1.82) is 0 Å². The number of nitrogens with zero attached hydrogens (tertiary/aromatic N) is 3. The molecule has 0 aromatic carbocycles. The van der Waals surface area contributed by atoms with Gasteiger partial charge in [0.2, 0.25) is 5.88 Å². The van der Waals surface area contributed by atoms with Crippen molar-refractivity contribution in [3.05, 3.63) is 11.8 Å². The molecule has 7 rings (SSSR count). The number of ether oxygens (including phenoxy) is 1. The predicted octanol–water partition coefficient (Wildman–Crippen LogP) is 4.92. The standard InChI is InChI=1S/C29H47N5O2.2ClH/c1-19-16-33(17-20(2)31-19)8-9-34-29(36-18-21-6-4-3-5-7-21)26(15-30-34)28(35)32-27-24-11-22-10-23(13-24)14-25(27)12-22;;/h15,19-25,27,31H,3-14,16-18H2,1-2H3,(H,32,35);2*1H/t19-,20+,22?,23?,24?,25?,27?;;. The van der Waals surface area contributed by atoms with E-state index in [9.17, 15) is 4.79 Å². The smallest absolute Gasteiger partial charge is 0.258 e. The molecule has 7 nitrogen and oxygen atoms in total. The zero-order valence-electron chi connectivity index (χ0n) is 23.3. The molecule has 5 saturated carbocycles. The molecule has 6 fully saturated rings. The first-order valence-electron chi connectivity index (χ1n) is 15.0. The molecule has 2 N–H and O–H groups in total. The van der Waals surface area contributed by atoms with Crippen molar-refractivity contribution in [2.45, 2.75) is 103 Å². The average Bonchev–Trinajstić information content (AvgIpc) is 3.26. The lowest BCUT2D eigenvalue weighted by Gasteiger charge is -2.54. The van der Waals surface area contributed by atoms with E-state index in [-0.39, 0.29) is 30.7 Å². The van der Waals surface area contributed by atoms with E-state index in [1.54, 1.807) is 6.20 Å². The number of piperazine rings is 1. The van der Waals surface area contributed by atoms with Gasteiger partial charge in [-0.05, 0) is 88.4 Å². The molecular formula is C29H49Cl2N5O2. The summed E-state index contributed by atoms with van der Waals surface area (Å²) in [5, 5.41) is 11.8. The van der Waals surface area contributed by atoms with Gasteiger partial charge in [0.1, 0.15) is 5.56 Å². The molecule has 1 aromatic heterocycles. The van der Waals surface area contributed by atoms with Gasteiger partial charge in [0.05, 0.1) is 19.3 Å². The van der Waals surface area contributed by atoms with Gasteiger partial charge in [-0.15, -0.1) is 24.8 Å². The van der Waals surface area contributed by atoms with E-state index in [2.05, 4.69) is 29.4 Å². The van der Waals surface area contributed by atoms with E-state index in [0.29, 0.717) is 53.9 Å². The third-order valence-electron chi connectivity index (χ3n) is 10.0. The van der Waals surface area contributed by atoms with Crippen LogP contribution in [-0.4, -0.2) is 65.0 Å². The second kappa shape index (κ2) is 13.1. The highest BCUT2D eigenvalue weighted by atomic mass is 35.5. The summed E-state index contributed by atoms with van der Waals surface area (Å²) in [7, 11) is 0. The van der Waals surface area contributed by atoms with Gasteiger partial charge in [0, 0.05) is 37.8 Å². The van der Waals surface area contributed by atoms with Crippen molar-refractivity contribution < 1.29 is 9.53 Å². The van der Waals surface area contributed by atoms with Gasteiger partial charge in [0.15, 0.2) is 0 Å². The third-order valence-corrected chi connectivity index (χ3v) is 10.0. The fourth-order valence-corrected chi connectivity index (χ4v) is 8.64. The first kappa shape index (κ1) is 30.0. The number of aromatic nitrogens is 2. The molecule has 6 aliphatic rings. The maximum absolute atomic E-state index is 13.7. The summed E-state index contributed by atoms with van der Waals surface area (Å²) in [6.07, 6.45) is 14.9. The van der Waals surface area contributed by atoms with Crippen molar-refractivity contribution >= 4 is 30.7 Å². The number of rotatable bonds is 8. The highest BCUT2D eigenvalue weighted by molar-refractivity contribution is 5.96. The number of nitrogens with one attached hydrogen (secondary N) is 2. The highest BCUT2D eigenvalue weighted by Crippen LogP contribution is 2.53. The Balaban J connectivity index is 0.00000168. The van der Waals surface area contributed by atoms with Crippen LogP contribution in [0.1, 0.15) is 88.4 Å². The van der Waals surface area contributed by atoms with E-state index < -0.39 is 0 Å². The molecule has 9 heteroatoms. The number of amides is 1. The third kappa shape index (κ3) is 6.64. The summed E-state index contributed by atoms with van der Waals surface area (Å²) in [5.41, 5.74) is 0.640. The lowest BCUT2D eigenvalue weighted by molar-refractivity contribution is -0.0120. The Morgan fingerprint density at radius 3 is 2.24 bits per heavy atom. The molecule has 1 amide bonds. The van der Waals surface area contributed by atoms with E-state index in [0.717, 1.165) is 38.0 Å². The molecule has 0 radical (unpaired) electrons. The van der Waals surface area contributed by atoms with Crippen LogP contribution >= 0.6 is 24.8 Å². The number of halogens is 2. The van der Waals surface area contributed by atoms with Crippen molar-refractivity contribution in [3.63, 3.8) is 0 Å². The van der Waals surface area contributed by atoms with E-state index in [1.165, 1.54) is 64.2 Å². The summed E-state index contributed by atoms with van der Waals surface area (Å²) in [5.74, 6) is 4.48. The fraction of sp³-hybridized carbons (Fsp3) is 0.862. The van der Waals surface area contributed by atoms with Gasteiger partial charge in [-0.25, -0.2) is 4.68 Å². The zero-order chi connectivity index (χ0) is 24.6. The largest absolute Gasteiger partial charge is 0.477 e. The SMILES string of the molecule is C[C@@H]1CN(CCn2ncc(C(=O)NC3C4CC5CC(C4)CC3C5)c2OCC2CCCCC2)C[C@H](C)N1.Cl.Cl. The number of hydrogen-bond donors (Lipinski definition) is 2. The predicted molar refractivity (Wildman–Crippen MR) is 156 cm³/mol. The van der Waals surface area contributed by atoms with Gasteiger partial charge in [-0.3, -0.25) is 9.69 Å². The molecule has 38 heavy (non-hydrogen) atoms. The summed E-state index contributed by atoms with van der Waals surface area (Å²) >= 11 is 0. The lowest BCUT2D eigenvalue weighted by Crippen LogP contribution is -2.55. The summed E-state index contributed by atoms with van der Waals surface area (Å²) in [6, 6.07) is 1.33. The Bertz CT molecular complexity index is 883. The summed E-state index contributed by atoms with van der Waals surface area (Å²) in [4.78, 5) is 16.2. The fourth-order valence-electron chi connectivity index (χ4n) is 8.64. The summed E-state index contributed by atoms with van der Waals surface area (Å²) in [6.45, 7) is 8.97. The van der Waals surface area contributed by atoms with Gasteiger partial charge < -0.3 is 15.4 Å². The Labute approximate surface area is 241 Å². The maximum Gasteiger partial charge on any atom is 0.258 e. The van der Waals surface area contributed by atoms with Crippen LogP contribution in [0.5, 0.6) is 5.88 Å². The quantitative estimate of drug-likeness (QED) is 0.464. The minimum Gasteiger partial charge on any atom is -0.477 e. The van der Waals surface area contributed by atoms with Gasteiger partial charge >= 0.3 is 0 Å². The Morgan fingerprint density at radius 2 is 1.61 bits per heavy atom. The number of carbonyl (C=O) groups excluding carboxylic acids is 1. The van der Waals surface area contributed by atoms with Crippen molar-refractivity contribution in [2.24, 2.45) is 29.6 Å². The van der Waals surface area contributed by atoms with Crippen LogP contribution < -0.4 is 15.4 Å². The normalized spacial score (nSPS) is 34.8. The second-order valence-corrected chi connectivity index (χ2v) is 13.1. The van der Waals surface area contributed by atoms with E-state index in [1.807, 2.05) is 4.68 Å². The molecule has 1 aliphatic heterocycles. The van der Waals surface area contributed by atoms with Crippen LogP contribution in [-0.2, 0) is 6.54 Å². The molecule has 5 aliphatic carbocycles. The van der Waals surface area contributed by atoms with Crippen LogP contribution in [0.15, 0.2) is 6.20 Å². The van der Waals surface area contributed by atoms with Crippen LogP contribution in [0.4, 0.5) is 0 Å². The molecule has 4 bridgehead atoms. The van der Waals surface area contributed by atoms with E-state index in [4.69, 9.17) is 9.84 Å². The Hall–Kier alpha value is -1.02. The Morgan fingerprint density at radius 1 is 0.974 bits per heavy atom. The van der Waals surface area contributed by atoms with Gasteiger partial charge in [-0.1, -0.05) is 19.3 Å². The summed E-state index contributed by atoms with van der Waals surface area (Å²) < 4.78 is 8.43. The maximum atomic E-state index is 13.7. The number of hydrogen-bond acceptors (Lipinski definition) is 5. The molecule has 1 aromatic rings. The minimum atomic E-state index is 0. The van der Waals surface area contributed by atoms with E-state index >= 15 is 0 Å². The first-order valence-corrected chi connectivity index (χ1v) is 15.0. The van der Waals surface area contributed by atoms with Crippen molar-refractivity contribution in [2.75, 3.05) is 26.2 Å². The molecule has 1 saturated heterocycles. The first-order chi connectivity index (χ1) is 17.5. The minimum absolute atomic E-state index is 0. The van der Waals surface area contributed by atoms with Crippen LogP contribution in [0.2, 0.25) is 0 Å². The highest BCUT2D eigenvalue weighted by Gasteiger charge is 2.48. The second-order valence-electron chi connectivity index (χ2n) is 13.1. The molecule has 2 heterocycles. The van der Waals surface area contributed by atoms with Crippen molar-refractivity contribution in [3.8, 4) is 5.88 Å². The molecule has 216 valence electrons. The topological polar surface area (TPSA) is 71.4 Å². The molecule has 0 unspecified atom stereocenters. The van der Waals surface area contributed by atoms with Crippen LogP contribution in [0, 0.1) is 29.6 Å². The lowest BCUT2D eigenvalue weighted by atomic mass is 9.54. The van der Waals surface area contributed by atoms with Crippen molar-refractivity contribution in [1.82, 2.24) is 25.3 Å². The Kier molecular flexibility index (Phi) is 10.3. The van der Waals surface area contributed by atoms with Gasteiger partial charge in [0.25, 0.3) is 5.91 Å². The molecular weight excluding hydrogens is 521 g/mol. The number of carbonyl (C=O) groups is 1. The average molecular weight is 571 g/mol. The molecule has 0 spiro atoms. The van der Waals surface area contributed by atoms with Crippen LogP contribution in [0.25, 0.3) is 0 Å². The van der Waals surface area contributed by atoms with Gasteiger partial charge in [-0.2, -0.15) is 5.10 Å².